The van der Waals surface area contributed by atoms with Crippen LogP contribution in [0.4, 0.5) is 0 Å². The number of hydrogen-bond acceptors (Lipinski definition) is 3. The Hall–Kier alpha value is -1.74. The maximum atomic E-state index is 3.95. The minimum atomic E-state index is 0.279. The number of benzene rings is 1. The van der Waals surface area contributed by atoms with Crippen LogP contribution in [0.15, 0.2) is 36.7 Å². The van der Waals surface area contributed by atoms with Gasteiger partial charge in [-0.05, 0) is 50.1 Å². The number of aromatic nitrogens is 2. The van der Waals surface area contributed by atoms with Crippen LogP contribution in [0.5, 0.6) is 0 Å². The Kier molecular flexibility index (Phi) is 4.05. The van der Waals surface area contributed by atoms with E-state index in [2.05, 4.69) is 47.6 Å². The molecule has 94 valence electrons. The quantitative estimate of drug-likeness (QED) is 0.894. The van der Waals surface area contributed by atoms with Crippen LogP contribution in [0, 0.1) is 13.8 Å². The fourth-order valence-corrected chi connectivity index (χ4v) is 2.13. The van der Waals surface area contributed by atoms with E-state index >= 15 is 0 Å². The lowest BCUT2D eigenvalue weighted by molar-refractivity contribution is 0.586. The van der Waals surface area contributed by atoms with Gasteiger partial charge in [-0.15, -0.1) is 0 Å². The first-order valence-corrected chi connectivity index (χ1v) is 6.20. The van der Waals surface area contributed by atoms with E-state index in [1.807, 2.05) is 19.3 Å². The highest BCUT2D eigenvalue weighted by atomic mass is 15.1. The normalized spacial score (nSPS) is 12.4. The Morgan fingerprint density at radius 3 is 2.67 bits per heavy atom. The zero-order valence-electron chi connectivity index (χ0n) is 11.1. The van der Waals surface area contributed by atoms with E-state index in [1.54, 1.807) is 6.20 Å². The number of rotatable bonds is 4. The maximum absolute atomic E-state index is 3.95. The van der Waals surface area contributed by atoms with Gasteiger partial charge in [-0.1, -0.05) is 23.8 Å². The molecule has 1 N–H and O–H groups in total. The largest absolute Gasteiger partial charge is 0.313 e. The molecule has 0 bridgehead atoms. The summed E-state index contributed by atoms with van der Waals surface area (Å²) in [5.74, 6) is 0. The van der Waals surface area contributed by atoms with Gasteiger partial charge < -0.3 is 5.32 Å². The Bertz CT molecular complexity index is 508. The predicted octanol–water partition coefficient (Wildman–Crippen LogP) is 2.60. The van der Waals surface area contributed by atoms with Crippen LogP contribution in [-0.4, -0.2) is 17.2 Å². The van der Waals surface area contributed by atoms with Crippen molar-refractivity contribution in [3.63, 3.8) is 0 Å². The standard InChI is InChI=1S/C15H19N3/c1-11-4-5-12(2)14(8-11)9-15(16-3)13-6-7-17-18-10-13/h4-8,10,15-16H,9H2,1-3H3. The fourth-order valence-electron chi connectivity index (χ4n) is 2.13. The van der Waals surface area contributed by atoms with Gasteiger partial charge in [-0.25, -0.2) is 0 Å². The molecule has 0 radical (unpaired) electrons. The highest BCUT2D eigenvalue weighted by molar-refractivity contribution is 5.32. The summed E-state index contributed by atoms with van der Waals surface area (Å²) in [5.41, 5.74) is 5.20. The molecular formula is C15H19N3. The second kappa shape index (κ2) is 5.74. The van der Waals surface area contributed by atoms with Crippen molar-refractivity contribution in [2.24, 2.45) is 0 Å². The summed E-state index contributed by atoms with van der Waals surface area (Å²) in [6, 6.07) is 8.89. The molecule has 1 aromatic heterocycles. The predicted molar refractivity (Wildman–Crippen MR) is 73.5 cm³/mol. The van der Waals surface area contributed by atoms with Crippen LogP contribution < -0.4 is 5.32 Å². The summed E-state index contributed by atoms with van der Waals surface area (Å²) < 4.78 is 0. The average molecular weight is 241 g/mol. The number of aryl methyl sites for hydroxylation is 2. The van der Waals surface area contributed by atoms with Crippen LogP contribution in [0.3, 0.4) is 0 Å². The molecule has 0 spiro atoms. The van der Waals surface area contributed by atoms with Crippen LogP contribution in [0.25, 0.3) is 0 Å². The summed E-state index contributed by atoms with van der Waals surface area (Å²) in [5, 5.41) is 11.1. The van der Waals surface area contributed by atoms with Crippen molar-refractivity contribution in [2.75, 3.05) is 7.05 Å². The molecule has 3 heteroatoms. The van der Waals surface area contributed by atoms with E-state index in [0.717, 1.165) is 6.42 Å². The maximum Gasteiger partial charge on any atom is 0.0544 e. The molecule has 2 aromatic rings. The van der Waals surface area contributed by atoms with Gasteiger partial charge in [0, 0.05) is 12.2 Å². The Morgan fingerprint density at radius 2 is 2.00 bits per heavy atom. The molecule has 1 atom stereocenters. The average Bonchev–Trinajstić information content (AvgIpc) is 2.41. The Labute approximate surface area is 108 Å². The van der Waals surface area contributed by atoms with Gasteiger partial charge in [0.1, 0.15) is 0 Å². The number of nitrogens with zero attached hydrogens (tertiary/aromatic N) is 2. The molecule has 18 heavy (non-hydrogen) atoms. The molecule has 0 fully saturated rings. The highest BCUT2D eigenvalue weighted by Gasteiger charge is 2.11. The highest BCUT2D eigenvalue weighted by Crippen LogP contribution is 2.20. The van der Waals surface area contributed by atoms with Crippen molar-refractivity contribution >= 4 is 0 Å². The smallest absolute Gasteiger partial charge is 0.0544 e. The number of likely N-dealkylation sites (N-methyl/N-ethyl adjacent to an activating group) is 1. The van der Waals surface area contributed by atoms with Crippen molar-refractivity contribution in [1.82, 2.24) is 15.5 Å². The molecule has 0 saturated carbocycles. The number of hydrogen-bond donors (Lipinski definition) is 1. The van der Waals surface area contributed by atoms with Crippen molar-refractivity contribution in [3.05, 3.63) is 58.9 Å². The second-order valence-corrected chi connectivity index (χ2v) is 4.65. The minimum absolute atomic E-state index is 0.279. The molecule has 2 rings (SSSR count). The topological polar surface area (TPSA) is 37.8 Å². The van der Waals surface area contributed by atoms with E-state index in [1.165, 1.54) is 22.3 Å². The molecule has 1 unspecified atom stereocenters. The Morgan fingerprint density at radius 1 is 1.17 bits per heavy atom. The van der Waals surface area contributed by atoms with Gasteiger partial charge in [0.05, 0.1) is 6.20 Å². The number of nitrogens with one attached hydrogen (secondary N) is 1. The first kappa shape index (κ1) is 12.7. The molecule has 0 aliphatic heterocycles. The van der Waals surface area contributed by atoms with Gasteiger partial charge in [0.15, 0.2) is 0 Å². The van der Waals surface area contributed by atoms with E-state index in [4.69, 9.17) is 0 Å². The molecule has 0 saturated heterocycles. The van der Waals surface area contributed by atoms with E-state index in [0.29, 0.717) is 0 Å². The van der Waals surface area contributed by atoms with E-state index in [9.17, 15) is 0 Å². The summed E-state index contributed by atoms with van der Waals surface area (Å²) >= 11 is 0. The van der Waals surface area contributed by atoms with Crippen molar-refractivity contribution in [1.29, 1.82) is 0 Å². The molecule has 0 aliphatic rings. The first-order chi connectivity index (χ1) is 8.70. The van der Waals surface area contributed by atoms with Crippen LogP contribution in [0.1, 0.15) is 28.3 Å². The zero-order chi connectivity index (χ0) is 13.0. The zero-order valence-corrected chi connectivity index (χ0v) is 11.1. The van der Waals surface area contributed by atoms with Gasteiger partial charge in [0.2, 0.25) is 0 Å². The second-order valence-electron chi connectivity index (χ2n) is 4.65. The minimum Gasteiger partial charge on any atom is -0.313 e. The molecule has 0 amide bonds. The Balaban J connectivity index is 2.23. The monoisotopic (exact) mass is 241 g/mol. The van der Waals surface area contributed by atoms with E-state index in [-0.39, 0.29) is 6.04 Å². The lowest BCUT2D eigenvalue weighted by atomic mass is 9.96. The third-order valence-electron chi connectivity index (χ3n) is 3.29. The lowest BCUT2D eigenvalue weighted by Crippen LogP contribution is -2.19. The SMILES string of the molecule is CNC(Cc1cc(C)ccc1C)c1ccnnc1. The summed E-state index contributed by atoms with van der Waals surface area (Å²) in [6.45, 7) is 4.29. The van der Waals surface area contributed by atoms with E-state index < -0.39 is 0 Å². The van der Waals surface area contributed by atoms with Gasteiger partial charge in [-0.3, -0.25) is 0 Å². The summed E-state index contributed by atoms with van der Waals surface area (Å²) in [4.78, 5) is 0. The molecule has 3 nitrogen and oxygen atoms in total. The van der Waals surface area contributed by atoms with Gasteiger partial charge in [-0.2, -0.15) is 10.2 Å². The van der Waals surface area contributed by atoms with Crippen LogP contribution in [-0.2, 0) is 6.42 Å². The van der Waals surface area contributed by atoms with Crippen molar-refractivity contribution < 1.29 is 0 Å². The van der Waals surface area contributed by atoms with Gasteiger partial charge >= 0.3 is 0 Å². The van der Waals surface area contributed by atoms with Crippen molar-refractivity contribution in [2.45, 2.75) is 26.3 Å². The lowest BCUT2D eigenvalue weighted by Gasteiger charge is -2.17. The van der Waals surface area contributed by atoms with Crippen LogP contribution >= 0.6 is 0 Å². The van der Waals surface area contributed by atoms with Gasteiger partial charge in [0.25, 0.3) is 0 Å². The summed E-state index contributed by atoms with van der Waals surface area (Å²) in [6.07, 6.45) is 4.53. The van der Waals surface area contributed by atoms with Crippen LogP contribution in [0.2, 0.25) is 0 Å². The molecule has 1 aromatic carbocycles. The molecular weight excluding hydrogens is 222 g/mol. The summed E-state index contributed by atoms with van der Waals surface area (Å²) in [7, 11) is 1.98. The third kappa shape index (κ3) is 2.93. The third-order valence-corrected chi connectivity index (χ3v) is 3.29. The fraction of sp³-hybridized carbons (Fsp3) is 0.333. The first-order valence-electron chi connectivity index (χ1n) is 6.20. The molecule has 1 heterocycles. The van der Waals surface area contributed by atoms with Crippen molar-refractivity contribution in [3.8, 4) is 0 Å². The molecule has 0 aliphatic carbocycles.